The predicted molar refractivity (Wildman–Crippen MR) is 121 cm³/mol. The van der Waals surface area contributed by atoms with Crippen LogP contribution >= 0.6 is 0 Å². The Morgan fingerprint density at radius 2 is 2.03 bits per heavy atom. The summed E-state index contributed by atoms with van der Waals surface area (Å²) in [4.78, 5) is 46.3. The van der Waals surface area contributed by atoms with Crippen molar-refractivity contribution < 1.29 is 14.4 Å². The van der Waals surface area contributed by atoms with Gasteiger partial charge in [-0.3, -0.25) is 14.9 Å². The number of carbonyl (C=O) groups is 3. The van der Waals surface area contributed by atoms with Crippen molar-refractivity contribution in [3.05, 3.63) is 42.2 Å². The molecule has 1 aliphatic rings. The third kappa shape index (κ3) is 4.90. The van der Waals surface area contributed by atoms with Crippen LogP contribution in [0.3, 0.4) is 0 Å². The highest BCUT2D eigenvalue weighted by molar-refractivity contribution is 6.00. The fourth-order valence-corrected chi connectivity index (χ4v) is 3.40. The molecule has 0 radical (unpaired) electrons. The first-order valence-electron chi connectivity index (χ1n) is 10.4. The molecular formula is C22H22N8O3. The molecule has 168 valence electrons. The average molecular weight is 446 g/mol. The summed E-state index contributed by atoms with van der Waals surface area (Å²) >= 11 is 0. The summed E-state index contributed by atoms with van der Waals surface area (Å²) in [6.07, 6.45) is 3.24. The van der Waals surface area contributed by atoms with Gasteiger partial charge in [0.15, 0.2) is 0 Å². The van der Waals surface area contributed by atoms with Gasteiger partial charge in [-0.05, 0) is 43.2 Å². The summed E-state index contributed by atoms with van der Waals surface area (Å²) in [7, 11) is 1.73. The van der Waals surface area contributed by atoms with Gasteiger partial charge in [-0.2, -0.15) is 5.26 Å². The Kier molecular flexibility index (Phi) is 5.91. The van der Waals surface area contributed by atoms with Crippen LogP contribution in [0, 0.1) is 17.2 Å². The van der Waals surface area contributed by atoms with Crippen LogP contribution in [0.5, 0.6) is 0 Å². The quantitative estimate of drug-likeness (QED) is 0.504. The van der Waals surface area contributed by atoms with Crippen LogP contribution in [0.4, 0.5) is 22.1 Å². The maximum atomic E-state index is 12.5. The van der Waals surface area contributed by atoms with E-state index in [9.17, 15) is 14.4 Å². The molecule has 2 heterocycles. The molecule has 0 aliphatic heterocycles. The van der Waals surface area contributed by atoms with Gasteiger partial charge in [-0.25, -0.2) is 14.8 Å². The van der Waals surface area contributed by atoms with Crippen LogP contribution in [0.2, 0.25) is 0 Å². The number of nitriles is 1. The maximum Gasteiger partial charge on any atom is 0.326 e. The first-order chi connectivity index (χ1) is 15.9. The topological polar surface area (TPSA) is 159 Å². The van der Waals surface area contributed by atoms with Crippen molar-refractivity contribution in [1.82, 2.24) is 14.5 Å². The lowest BCUT2D eigenvalue weighted by Gasteiger charge is -2.17. The number of imidazole rings is 1. The second-order valence-electron chi connectivity index (χ2n) is 7.77. The molecule has 4 N–H and O–H groups in total. The normalized spacial score (nSPS) is 12.7. The minimum absolute atomic E-state index is 0.0587. The fraction of sp³-hybridized carbons (Fsp3) is 0.273. The van der Waals surface area contributed by atoms with Gasteiger partial charge < -0.3 is 20.5 Å². The summed E-state index contributed by atoms with van der Waals surface area (Å²) in [6, 6.07) is 9.74. The Labute approximate surface area is 189 Å². The van der Waals surface area contributed by atoms with Gasteiger partial charge in [0.25, 0.3) is 0 Å². The van der Waals surface area contributed by atoms with Gasteiger partial charge in [0.1, 0.15) is 11.8 Å². The predicted octanol–water partition coefficient (Wildman–Crippen LogP) is 2.20. The monoisotopic (exact) mass is 446 g/mol. The van der Waals surface area contributed by atoms with E-state index in [1.807, 2.05) is 6.07 Å². The van der Waals surface area contributed by atoms with E-state index in [0.717, 1.165) is 12.8 Å². The highest BCUT2D eigenvalue weighted by Gasteiger charge is 2.32. The molecule has 33 heavy (non-hydrogen) atoms. The number of carbonyl (C=O) groups excluding carboxylic acids is 3. The smallest absolute Gasteiger partial charge is 0.326 e. The first kappa shape index (κ1) is 21.8. The molecule has 2 aromatic heterocycles. The largest absolute Gasteiger partial charge is 0.370 e. The Bertz CT molecular complexity index is 1270. The number of benzene rings is 1. The van der Waals surface area contributed by atoms with Crippen molar-refractivity contribution in [2.75, 3.05) is 22.6 Å². The average Bonchev–Trinajstić information content (AvgIpc) is 3.59. The number of aromatic nitrogens is 3. The molecule has 0 spiro atoms. The maximum absolute atomic E-state index is 12.5. The molecule has 0 unspecified atom stereocenters. The van der Waals surface area contributed by atoms with Crippen molar-refractivity contribution in [1.29, 1.82) is 5.26 Å². The number of urea groups is 1. The summed E-state index contributed by atoms with van der Waals surface area (Å²) in [6.45, 7) is 0.218. The number of nitrogens with two attached hydrogens (primary N) is 1. The minimum atomic E-state index is -0.571. The number of anilines is 3. The standard InChI is InChI=1S/C22H22N8O3/c1-29(20(32)13-2-3-13)16-6-7-18-17(10-16)27-21(30(18)9-8-19(24)31)28-22(33)26-15-5-4-14(11-23)25-12-15/h4-7,10,12-13H,2-3,8-9H2,1H3,(H2,24,31)(H2,26,27,28,33). The van der Waals surface area contributed by atoms with Crippen molar-refractivity contribution in [3.8, 4) is 6.07 Å². The molecule has 1 saturated carbocycles. The van der Waals surface area contributed by atoms with E-state index >= 15 is 0 Å². The highest BCUT2D eigenvalue weighted by atomic mass is 16.2. The van der Waals surface area contributed by atoms with Gasteiger partial charge >= 0.3 is 6.03 Å². The molecule has 3 aromatic rings. The number of nitrogens with one attached hydrogen (secondary N) is 2. The summed E-state index contributed by atoms with van der Waals surface area (Å²) in [5, 5.41) is 14.1. The molecule has 0 saturated heterocycles. The molecule has 0 atom stereocenters. The van der Waals surface area contributed by atoms with Gasteiger partial charge in [-0.1, -0.05) is 0 Å². The van der Waals surface area contributed by atoms with Crippen LogP contribution in [-0.4, -0.2) is 39.4 Å². The molecule has 4 amide bonds. The Hall–Kier alpha value is -4.46. The number of hydrogen-bond donors (Lipinski definition) is 3. The van der Waals surface area contributed by atoms with Crippen LogP contribution < -0.4 is 21.3 Å². The van der Waals surface area contributed by atoms with E-state index in [4.69, 9.17) is 11.0 Å². The lowest BCUT2D eigenvalue weighted by Crippen LogP contribution is -2.27. The molecular weight excluding hydrogens is 424 g/mol. The van der Waals surface area contributed by atoms with E-state index < -0.39 is 11.9 Å². The molecule has 1 fully saturated rings. The number of amides is 4. The number of hydrogen-bond acceptors (Lipinski definition) is 6. The van der Waals surface area contributed by atoms with E-state index in [1.54, 1.807) is 40.8 Å². The van der Waals surface area contributed by atoms with Crippen LogP contribution in [0.15, 0.2) is 36.5 Å². The van der Waals surface area contributed by atoms with Crippen LogP contribution in [-0.2, 0) is 16.1 Å². The van der Waals surface area contributed by atoms with Gasteiger partial charge in [0.05, 0.1) is 22.9 Å². The summed E-state index contributed by atoms with van der Waals surface area (Å²) < 4.78 is 1.68. The lowest BCUT2D eigenvalue weighted by molar-refractivity contribution is -0.119. The van der Waals surface area contributed by atoms with E-state index in [0.29, 0.717) is 22.4 Å². The second-order valence-corrected chi connectivity index (χ2v) is 7.77. The van der Waals surface area contributed by atoms with Gasteiger partial charge in [0, 0.05) is 31.6 Å². The molecule has 0 bridgehead atoms. The summed E-state index contributed by atoms with van der Waals surface area (Å²) in [5.41, 5.74) is 7.88. The second kappa shape index (κ2) is 8.96. The number of pyridine rings is 1. The molecule has 11 nitrogen and oxygen atoms in total. The summed E-state index contributed by atoms with van der Waals surface area (Å²) in [5.74, 6) is -0.117. The van der Waals surface area contributed by atoms with Crippen molar-refractivity contribution in [3.63, 3.8) is 0 Å². The third-order valence-corrected chi connectivity index (χ3v) is 5.32. The molecule has 1 aliphatic carbocycles. The zero-order valence-electron chi connectivity index (χ0n) is 17.9. The zero-order valence-corrected chi connectivity index (χ0v) is 17.9. The van der Waals surface area contributed by atoms with Crippen LogP contribution in [0.1, 0.15) is 25.0 Å². The van der Waals surface area contributed by atoms with E-state index in [-0.39, 0.29) is 36.4 Å². The molecule has 4 rings (SSSR count). The van der Waals surface area contributed by atoms with Gasteiger partial charge in [-0.15, -0.1) is 0 Å². The van der Waals surface area contributed by atoms with E-state index in [2.05, 4.69) is 20.6 Å². The SMILES string of the molecule is CN(C(=O)C1CC1)c1ccc2c(c1)nc(NC(=O)Nc1ccc(C#N)nc1)n2CCC(N)=O. The first-order valence-corrected chi connectivity index (χ1v) is 10.4. The number of primary amides is 1. The van der Waals surface area contributed by atoms with Gasteiger partial charge in [0.2, 0.25) is 17.8 Å². The number of rotatable bonds is 7. The zero-order chi connectivity index (χ0) is 23.5. The Morgan fingerprint density at radius 1 is 1.24 bits per heavy atom. The Balaban J connectivity index is 1.59. The van der Waals surface area contributed by atoms with Crippen molar-refractivity contribution in [2.24, 2.45) is 11.7 Å². The third-order valence-electron chi connectivity index (χ3n) is 5.32. The number of aryl methyl sites for hydroxylation is 1. The number of nitrogens with zero attached hydrogens (tertiary/aromatic N) is 5. The minimum Gasteiger partial charge on any atom is -0.370 e. The van der Waals surface area contributed by atoms with E-state index in [1.165, 1.54) is 12.3 Å². The van der Waals surface area contributed by atoms with Crippen LogP contribution in [0.25, 0.3) is 11.0 Å². The fourth-order valence-electron chi connectivity index (χ4n) is 3.40. The lowest BCUT2D eigenvalue weighted by atomic mass is 10.2. The van der Waals surface area contributed by atoms with Crippen molar-refractivity contribution >= 4 is 46.2 Å². The highest BCUT2D eigenvalue weighted by Crippen LogP contribution is 2.33. The molecule has 11 heteroatoms. The number of fused-ring (bicyclic) bond motifs is 1. The molecule has 1 aromatic carbocycles. The van der Waals surface area contributed by atoms with Crippen molar-refractivity contribution in [2.45, 2.75) is 25.8 Å². The Morgan fingerprint density at radius 3 is 2.67 bits per heavy atom.